The molecule has 0 bridgehead atoms. The first-order valence-electron chi connectivity index (χ1n) is 12.1. The third-order valence-corrected chi connectivity index (χ3v) is 7.20. The minimum atomic E-state index is -0.547. The van der Waals surface area contributed by atoms with Crippen molar-refractivity contribution in [2.75, 3.05) is 18.4 Å². The second kappa shape index (κ2) is 9.42. The van der Waals surface area contributed by atoms with Crippen LogP contribution in [0.3, 0.4) is 0 Å². The average molecular weight is 509 g/mol. The van der Waals surface area contributed by atoms with E-state index in [1.807, 2.05) is 31.2 Å². The normalized spacial score (nSPS) is 16.6. The van der Waals surface area contributed by atoms with Crippen LogP contribution in [0.2, 0.25) is 5.02 Å². The summed E-state index contributed by atoms with van der Waals surface area (Å²) in [5.41, 5.74) is 3.20. The van der Waals surface area contributed by atoms with E-state index in [1.54, 1.807) is 28.9 Å². The van der Waals surface area contributed by atoms with E-state index < -0.39 is 11.9 Å². The molecule has 36 heavy (non-hydrogen) atoms. The number of imidazole rings is 1. The van der Waals surface area contributed by atoms with Crippen LogP contribution in [0.4, 0.5) is 10.3 Å². The average Bonchev–Trinajstić information content (AvgIpc) is 3.24. The van der Waals surface area contributed by atoms with Crippen LogP contribution in [0.25, 0.3) is 17.0 Å². The lowest BCUT2D eigenvalue weighted by Gasteiger charge is -2.49. The lowest BCUT2D eigenvalue weighted by molar-refractivity contribution is -0.0496. The summed E-state index contributed by atoms with van der Waals surface area (Å²) in [6.07, 6.45) is 3.98. The van der Waals surface area contributed by atoms with Gasteiger partial charge in [0.1, 0.15) is 5.69 Å². The van der Waals surface area contributed by atoms with Crippen molar-refractivity contribution in [1.29, 1.82) is 0 Å². The number of benzene rings is 1. The second-order valence-electron chi connectivity index (χ2n) is 10.4. The Morgan fingerprint density at radius 2 is 1.78 bits per heavy atom. The molecule has 0 aliphatic carbocycles. The number of nitrogens with one attached hydrogen (secondary N) is 1. The number of anilines is 1. The molecule has 0 spiro atoms. The highest BCUT2D eigenvalue weighted by Crippen LogP contribution is 2.34. The highest BCUT2D eigenvalue weighted by molar-refractivity contribution is 6.33. The van der Waals surface area contributed by atoms with Crippen LogP contribution < -0.4 is 5.32 Å². The van der Waals surface area contributed by atoms with Crippen LogP contribution in [0.1, 0.15) is 51.0 Å². The maximum atomic E-state index is 14.7. The minimum absolute atomic E-state index is 0.127. The number of rotatable bonds is 6. The molecule has 7 nitrogen and oxygen atoms in total. The SMILES string of the molecule is C[C@H](Nc1ncc(F)c(-c2cnc3c(Cl)cccn23)n1)c1ccc(C(O)C2CN(C(C)(C)C)C2)cc1. The topological polar surface area (TPSA) is 78.6 Å². The number of hydrogen-bond acceptors (Lipinski definition) is 6. The number of hydrogen-bond donors (Lipinski definition) is 2. The van der Waals surface area contributed by atoms with Gasteiger partial charge in [0.2, 0.25) is 5.95 Å². The standard InChI is InChI=1S/C27H30ClFN6O/c1-16(17-7-9-18(10-8-17)24(36)19-14-34(15-19)27(2,3)4)32-26-31-12-21(29)23(33-26)22-13-30-25-20(28)6-5-11-35(22)25/h5-13,16,19,24,36H,14-15H2,1-4H3,(H,31,32,33)/t16-,24?/m0/s1. The van der Waals surface area contributed by atoms with Gasteiger partial charge >= 0.3 is 0 Å². The zero-order valence-electron chi connectivity index (χ0n) is 20.8. The molecule has 1 aliphatic rings. The third kappa shape index (κ3) is 4.68. The molecule has 1 aromatic carbocycles. The molecule has 1 unspecified atom stereocenters. The van der Waals surface area contributed by atoms with E-state index in [9.17, 15) is 9.50 Å². The van der Waals surface area contributed by atoms with E-state index >= 15 is 0 Å². The summed E-state index contributed by atoms with van der Waals surface area (Å²) in [7, 11) is 0. The van der Waals surface area contributed by atoms with Crippen molar-refractivity contribution >= 4 is 23.2 Å². The first kappa shape index (κ1) is 24.6. The highest BCUT2D eigenvalue weighted by atomic mass is 35.5. The lowest BCUT2D eigenvalue weighted by atomic mass is 9.85. The van der Waals surface area contributed by atoms with Crippen LogP contribution in [0, 0.1) is 11.7 Å². The van der Waals surface area contributed by atoms with E-state index in [-0.39, 0.29) is 23.2 Å². The molecular weight excluding hydrogens is 479 g/mol. The fraction of sp³-hybridized carbons (Fsp3) is 0.370. The quantitative estimate of drug-likeness (QED) is 0.357. The van der Waals surface area contributed by atoms with Gasteiger partial charge in [-0.1, -0.05) is 35.9 Å². The van der Waals surface area contributed by atoms with Crippen molar-refractivity contribution in [3.63, 3.8) is 0 Å². The first-order valence-corrected chi connectivity index (χ1v) is 12.4. The van der Waals surface area contributed by atoms with Crippen molar-refractivity contribution < 1.29 is 9.50 Å². The molecule has 1 fully saturated rings. The summed E-state index contributed by atoms with van der Waals surface area (Å²) >= 11 is 6.21. The molecule has 4 aromatic rings. The molecule has 0 saturated carbocycles. The monoisotopic (exact) mass is 508 g/mol. The van der Waals surface area contributed by atoms with Crippen molar-refractivity contribution in [3.8, 4) is 11.4 Å². The Hall–Kier alpha value is -3.07. The summed E-state index contributed by atoms with van der Waals surface area (Å²) < 4.78 is 16.4. The molecule has 2 atom stereocenters. The number of nitrogens with zero attached hydrogens (tertiary/aromatic N) is 5. The predicted octanol–water partition coefficient (Wildman–Crippen LogP) is 5.52. The number of aliphatic hydroxyl groups excluding tert-OH is 1. The van der Waals surface area contributed by atoms with Gasteiger partial charge in [0.25, 0.3) is 0 Å². The molecular formula is C27H30ClFN6O. The lowest BCUT2D eigenvalue weighted by Crippen LogP contribution is -2.57. The fourth-order valence-electron chi connectivity index (χ4n) is 4.56. The van der Waals surface area contributed by atoms with Gasteiger partial charge in [0.05, 0.1) is 35.3 Å². The summed E-state index contributed by atoms with van der Waals surface area (Å²) in [6.45, 7) is 10.4. The highest BCUT2D eigenvalue weighted by Gasteiger charge is 2.38. The van der Waals surface area contributed by atoms with E-state index in [4.69, 9.17) is 11.6 Å². The molecule has 5 rings (SSSR count). The molecule has 2 N–H and O–H groups in total. The van der Waals surface area contributed by atoms with Crippen LogP contribution in [0.15, 0.2) is 55.0 Å². The Labute approximate surface area is 215 Å². The minimum Gasteiger partial charge on any atom is -0.388 e. The Bertz CT molecular complexity index is 1380. The van der Waals surface area contributed by atoms with E-state index in [2.05, 4.69) is 45.9 Å². The number of fused-ring (bicyclic) bond motifs is 1. The Balaban J connectivity index is 1.29. The van der Waals surface area contributed by atoms with Crippen molar-refractivity contribution in [1.82, 2.24) is 24.3 Å². The Morgan fingerprint density at radius 1 is 1.08 bits per heavy atom. The van der Waals surface area contributed by atoms with Gasteiger partial charge in [-0.05, 0) is 51.0 Å². The molecule has 3 aromatic heterocycles. The summed E-state index contributed by atoms with van der Waals surface area (Å²) in [4.78, 5) is 15.2. The zero-order chi connectivity index (χ0) is 25.6. The Morgan fingerprint density at radius 3 is 2.47 bits per heavy atom. The van der Waals surface area contributed by atoms with Gasteiger partial charge in [0.15, 0.2) is 11.5 Å². The number of aromatic nitrogens is 4. The second-order valence-corrected chi connectivity index (χ2v) is 10.8. The van der Waals surface area contributed by atoms with Crippen molar-refractivity contribution in [3.05, 3.63) is 77.0 Å². The molecule has 4 heterocycles. The Kier molecular flexibility index (Phi) is 6.44. The summed E-state index contributed by atoms with van der Waals surface area (Å²) in [6, 6.07) is 11.3. The van der Waals surface area contributed by atoms with Crippen molar-refractivity contribution in [2.45, 2.75) is 45.4 Å². The van der Waals surface area contributed by atoms with Gasteiger partial charge in [0, 0.05) is 30.7 Å². The molecule has 1 aliphatic heterocycles. The van der Waals surface area contributed by atoms with Crippen LogP contribution in [0.5, 0.6) is 0 Å². The fourth-order valence-corrected chi connectivity index (χ4v) is 4.77. The van der Waals surface area contributed by atoms with Crippen LogP contribution in [-0.2, 0) is 0 Å². The van der Waals surface area contributed by atoms with Gasteiger partial charge in [-0.25, -0.2) is 19.3 Å². The molecule has 0 radical (unpaired) electrons. The molecule has 1 saturated heterocycles. The van der Waals surface area contributed by atoms with Crippen LogP contribution in [-0.4, -0.2) is 48.0 Å². The maximum Gasteiger partial charge on any atom is 0.223 e. The van der Waals surface area contributed by atoms with Gasteiger partial charge in [-0.15, -0.1) is 0 Å². The number of halogens is 2. The largest absolute Gasteiger partial charge is 0.388 e. The number of likely N-dealkylation sites (tertiary alicyclic amines) is 1. The van der Waals surface area contributed by atoms with Gasteiger partial charge in [-0.2, -0.15) is 0 Å². The summed E-state index contributed by atoms with van der Waals surface area (Å²) in [5, 5.41) is 14.5. The van der Waals surface area contributed by atoms with Crippen LogP contribution >= 0.6 is 11.6 Å². The smallest absolute Gasteiger partial charge is 0.223 e. The number of aliphatic hydroxyl groups is 1. The van der Waals surface area contributed by atoms with E-state index in [1.165, 1.54) is 0 Å². The van der Waals surface area contributed by atoms with E-state index in [0.717, 1.165) is 30.4 Å². The zero-order valence-corrected chi connectivity index (χ0v) is 21.5. The molecule has 0 amide bonds. The maximum absolute atomic E-state index is 14.7. The van der Waals surface area contributed by atoms with Crippen molar-refractivity contribution in [2.24, 2.45) is 5.92 Å². The van der Waals surface area contributed by atoms with E-state index in [0.29, 0.717) is 22.3 Å². The number of pyridine rings is 1. The third-order valence-electron chi connectivity index (χ3n) is 6.90. The molecule has 9 heteroatoms. The van der Waals surface area contributed by atoms with Gasteiger partial charge < -0.3 is 10.4 Å². The molecule has 188 valence electrons. The first-order chi connectivity index (χ1) is 17.1. The predicted molar refractivity (Wildman–Crippen MR) is 139 cm³/mol. The summed E-state index contributed by atoms with van der Waals surface area (Å²) in [5.74, 6) is -0.00256. The van der Waals surface area contributed by atoms with Gasteiger partial charge in [-0.3, -0.25) is 9.30 Å².